The first-order valence-electron chi connectivity index (χ1n) is 7.61. The second-order valence-corrected chi connectivity index (χ2v) is 7.15. The molecule has 1 saturated heterocycles. The highest BCUT2D eigenvalue weighted by molar-refractivity contribution is 5.89. The normalized spacial score (nSPS) is 34.4. The van der Waals surface area contributed by atoms with Gasteiger partial charge >= 0.3 is 0 Å². The summed E-state index contributed by atoms with van der Waals surface area (Å²) in [5.74, 6) is 0.403. The van der Waals surface area contributed by atoms with E-state index in [1.165, 1.54) is 38.5 Å². The van der Waals surface area contributed by atoms with Crippen LogP contribution in [0.15, 0.2) is 0 Å². The summed E-state index contributed by atoms with van der Waals surface area (Å²) in [6.07, 6.45) is 9.58. The smallest absolute Gasteiger partial charge is 0.244 e. The van der Waals surface area contributed by atoms with Crippen molar-refractivity contribution in [2.24, 2.45) is 5.41 Å². The largest absolute Gasteiger partial charge is 0.325 e. The molecule has 1 heterocycles. The SMILES string of the molecule is CC1(C)CCCCC1N1CNC2(CCCC2)C1=O. The molecule has 102 valence electrons. The molecule has 0 aromatic carbocycles. The molecule has 0 aromatic rings. The zero-order valence-corrected chi connectivity index (χ0v) is 11.8. The Morgan fingerprint density at radius 1 is 1.11 bits per heavy atom. The molecule has 3 rings (SSSR count). The third-order valence-corrected chi connectivity index (χ3v) is 5.54. The van der Waals surface area contributed by atoms with Gasteiger partial charge in [0.15, 0.2) is 0 Å². The highest BCUT2D eigenvalue weighted by Crippen LogP contribution is 2.42. The number of hydrogen-bond donors (Lipinski definition) is 1. The highest BCUT2D eigenvalue weighted by atomic mass is 16.2. The van der Waals surface area contributed by atoms with Gasteiger partial charge in [-0.05, 0) is 31.1 Å². The third kappa shape index (κ3) is 1.78. The number of carbonyl (C=O) groups is 1. The van der Waals surface area contributed by atoms with E-state index >= 15 is 0 Å². The maximum Gasteiger partial charge on any atom is 0.244 e. The van der Waals surface area contributed by atoms with Gasteiger partial charge in [0.05, 0.1) is 12.2 Å². The molecule has 2 aliphatic carbocycles. The summed E-state index contributed by atoms with van der Waals surface area (Å²) in [4.78, 5) is 15.0. The van der Waals surface area contributed by atoms with E-state index in [2.05, 4.69) is 24.1 Å². The maximum atomic E-state index is 12.8. The highest BCUT2D eigenvalue weighted by Gasteiger charge is 2.51. The first-order valence-corrected chi connectivity index (χ1v) is 7.61. The lowest BCUT2D eigenvalue weighted by molar-refractivity contribution is -0.137. The summed E-state index contributed by atoms with van der Waals surface area (Å²) < 4.78 is 0. The summed E-state index contributed by atoms with van der Waals surface area (Å²) in [5, 5.41) is 3.54. The van der Waals surface area contributed by atoms with Crippen LogP contribution in [-0.4, -0.2) is 29.1 Å². The van der Waals surface area contributed by atoms with E-state index in [9.17, 15) is 4.79 Å². The summed E-state index contributed by atoms with van der Waals surface area (Å²) in [7, 11) is 0. The van der Waals surface area contributed by atoms with Crippen LogP contribution >= 0.6 is 0 Å². The van der Waals surface area contributed by atoms with E-state index in [-0.39, 0.29) is 5.54 Å². The van der Waals surface area contributed by atoms with Gasteiger partial charge in [0, 0.05) is 6.04 Å². The van der Waals surface area contributed by atoms with Crippen LogP contribution in [0.2, 0.25) is 0 Å². The van der Waals surface area contributed by atoms with Gasteiger partial charge in [-0.1, -0.05) is 39.5 Å². The predicted octanol–water partition coefficient (Wildman–Crippen LogP) is 2.66. The number of carbonyl (C=O) groups excluding carboxylic acids is 1. The first kappa shape index (κ1) is 12.5. The number of nitrogens with one attached hydrogen (secondary N) is 1. The van der Waals surface area contributed by atoms with Crippen molar-refractivity contribution in [3.8, 4) is 0 Å². The van der Waals surface area contributed by atoms with Crippen molar-refractivity contribution < 1.29 is 4.79 Å². The van der Waals surface area contributed by atoms with Gasteiger partial charge in [-0.2, -0.15) is 0 Å². The lowest BCUT2D eigenvalue weighted by atomic mass is 9.72. The van der Waals surface area contributed by atoms with Crippen molar-refractivity contribution in [1.29, 1.82) is 0 Å². The quantitative estimate of drug-likeness (QED) is 0.776. The van der Waals surface area contributed by atoms with Crippen LogP contribution < -0.4 is 5.32 Å². The average Bonchev–Trinajstić information content (AvgIpc) is 2.91. The Morgan fingerprint density at radius 3 is 2.44 bits per heavy atom. The van der Waals surface area contributed by atoms with Crippen molar-refractivity contribution in [3.05, 3.63) is 0 Å². The Morgan fingerprint density at radius 2 is 1.78 bits per heavy atom. The van der Waals surface area contributed by atoms with Crippen LogP contribution in [0.25, 0.3) is 0 Å². The molecule has 1 aliphatic heterocycles. The zero-order chi connectivity index (χ0) is 12.8. The molecule has 0 aromatic heterocycles. The molecule has 1 atom stereocenters. The van der Waals surface area contributed by atoms with Crippen LogP contribution in [0, 0.1) is 5.41 Å². The minimum absolute atomic E-state index is 0.173. The third-order valence-electron chi connectivity index (χ3n) is 5.54. The molecule has 1 amide bonds. The van der Waals surface area contributed by atoms with Crippen molar-refractivity contribution >= 4 is 5.91 Å². The molecule has 1 N–H and O–H groups in total. The molecule has 3 fully saturated rings. The molecule has 0 radical (unpaired) electrons. The fourth-order valence-electron chi connectivity index (χ4n) is 4.33. The van der Waals surface area contributed by atoms with Crippen molar-refractivity contribution in [3.63, 3.8) is 0 Å². The maximum absolute atomic E-state index is 12.8. The molecule has 3 heteroatoms. The summed E-state index contributed by atoms with van der Waals surface area (Å²) in [6, 6.07) is 0.450. The standard InChI is InChI=1S/C15H26N2O/c1-14(2)8-4-3-7-12(14)17-11-16-15(13(17)18)9-5-6-10-15/h12,16H,3-11H2,1-2H3. The van der Waals surface area contributed by atoms with E-state index in [0.29, 0.717) is 17.4 Å². The Hall–Kier alpha value is -0.570. The van der Waals surface area contributed by atoms with Gasteiger partial charge in [-0.15, -0.1) is 0 Å². The topological polar surface area (TPSA) is 32.3 Å². The molecule has 1 unspecified atom stereocenters. The second-order valence-electron chi connectivity index (χ2n) is 7.15. The fourth-order valence-corrected chi connectivity index (χ4v) is 4.33. The average molecular weight is 250 g/mol. The van der Waals surface area contributed by atoms with E-state index in [1.54, 1.807) is 0 Å². The summed E-state index contributed by atoms with van der Waals surface area (Å²) >= 11 is 0. The molecule has 0 bridgehead atoms. The Labute approximate surface area is 110 Å². The lowest BCUT2D eigenvalue weighted by Crippen LogP contribution is -2.50. The molecule has 3 nitrogen and oxygen atoms in total. The van der Waals surface area contributed by atoms with E-state index in [0.717, 1.165) is 19.5 Å². The van der Waals surface area contributed by atoms with Crippen LogP contribution in [0.3, 0.4) is 0 Å². The van der Waals surface area contributed by atoms with Crippen molar-refractivity contribution in [2.75, 3.05) is 6.67 Å². The molecule has 1 spiro atoms. The van der Waals surface area contributed by atoms with Gasteiger partial charge in [-0.25, -0.2) is 0 Å². The number of rotatable bonds is 1. The fraction of sp³-hybridized carbons (Fsp3) is 0.933. The van der Waals surface area contributed by atoms with Gasteiger partial charge in [-0.3, -0.25) is 10.1 Å². The van der Waals surface area contributed by atoms with Crippen LogP contribution in [0.4, 0.5) is 0 Å². The monoisotopic (exact) mass is 250 g/mol. The molecular weight excluding hydrogens is 224 g/mol. The number of hydrogen-bond acceptors (Lipinski definition) is 2. The predicted molar refractivity (Wildman–Crippen MR) is 72.1 cm³/mol. The molecular formula is C15H26N2O. The number of amides is 1. The first-order chi connectivity index (χ1) is 8.55. The van der Waals surface area contributed by atoms with Gasteiger partial charge in [0.1, 0.15) is 0 Å². The number of nitrogens with zero attached hydrogens (tertiary/aromatic N) is 1. The van der Waals surface area contributed by atoms with Crippen LogP contribution in [0.1, 0.15) is 65.2 Å². The van der Waals surface area contributed by atoms with E-state index < -0.39 is 0 Å². The van der Waals surface area contributed by atoms with Crippen molar-refractivity contribution in [2.45, 2.75) is 76.8 Å². The minimum Gasteiger partial charge on any atom is -0.325 e. The Bertz CT molecular complexity index is 344. The molecule has 18 heavy (non-hydrogen) atoms. The zero-order valence-electron chi connectivity index (χ0n) is 11.8. The van der Waals surface area contributed by atoms with Gasteiger partial charge in [0.25, 0.3) is 0 Å². The van der Waals surface area contributed by atoms with Crippen LogP contribution in [-0.2, 0) is 4.79 Å². The van der Waals surface area contributed by atoms with Gasteiger partial charge < -0.3 is 4.90 Å². The Balaban J connectivity index is 1.79. The second kappa shape index (κ2) is 4.22. The van der Waals surface area contributed by atoms with Crippen molar-refractivity contribution in [1.82, 2.24) is 10.2 Å². The van der Waals surface area contributed by atoms with E-state index in [4.69, 9.17) is 0 Å². The van der Waals surface area contributed by atoms with E-state index in [1.807, 2.05) is 0 Å². The summed E-state index contributed by atoms with van der Waals surface area (Å²) in [5.41, 5.74) is 0.118. The molecule has 2 saturated carbocycles. The minimum atomic E-state index is -0.173. The van der Waals surface area contributed by atoms with Gasteiger partial charge in [0.2, 0.25) is 5.91 Å². The lowest BCUT2D eigenvalue weighted by Gasteiger charge is -2.44. The summed E-state index contributed by atoms with van der Waals surface area (Å²) in [6.45, 7) is 5.46. The molecule has 3 aliphatic rings. The Kier molecular flexibility index (Phi) is 2.92. The van der Waals surface area contributed by atoms with Crippen LogP contribution in [0.5, 0.6) is 0 Å².